The Morgan fingerprint density at radius 2 is 1.74 bits per heavy atom. The van der Waals surface area contributed by atoms with Crippen molar-refractivity contribution in [2.75, 3.05) is 30.7 Å². The summed E-state index contributed by atoms with van der Waals surface area (Å²) in [7, 11) is -1.98. The zero-order chi connectivity index (χ0) is 27.9. The molecule has 2 atom stereocenters. The first-order chi connectivity index (χ1) is 17.9. The molecule has 2 aromatic carbocycles. The van der Waals surface area contributed by atoms with Gasteiger partial charge < -0.3 is 16.0 Å². The molecule has 0 saturated heterocycles. The number of anilines is 1. The lowest BCUT2D eigenvalue weighted by Crippen LogP contribution is -2.50. The predicted octanol–water partition coefficient (Wildman–Crippen LogP) is 3.05. The smallest absolute Gasteiger partial charge is 0.251 e. The van der Waals surface area contributed by atoms with Crippen LogP contribution in [0.3, 0.4) is 0 Å². The van der Waals surface area contributed by atoms with E-state index in [2.05, 4.69) is 40.2 Å². The number of fused-ring (bicyclic) bond motifs is 4. The second kappa shape index (κ2) is 13.2. The summed E-state index contributed by atoms with van der Waals surface area (Å²) in [6.45, 7) is 6.93. The van der Waals surface area contributed by atoms with Crippen LogP contribution in [0.15, 0.2) is 42.5 Å². The van der Waals surface area contributed by atoms with Gasteiger partial charge in [-0.3, -0.25) is 13.9 Å². The molecule has 208 valence electrons. The quantitative estimate of drug-likeness (QED) is 0.475. The molecular formula is C29H42N4O4S. The van der Waals surface area contributed by atoms with Gasteiger partial charge in [0.1, 0.15) is 0 Å². The average Bonchev–Trinajstić information content (AvgIpc) is 2.86. The summed E-state index contributed by atoms with van der Waals surface area (Å²) in [6.07, 6.45) is 5.37. The highest BCUT2D eigenvalue weighted by atomic mass is 32.2. The van der Waals surface area contributed by atoms with Crippen LogP contribution < -0.4 is 20.3 Å². The number of amides is 2. The molecule has 0 spiro atoms. The van der Waals surface area contributed by atoms with Crippen LogP contribution in [0.4, 0.5) is 5.69 Å². The topological polar surface area (TPSA) is 108 Å². The van der Waals surface area contributed by atoms with Gasteiger partial charge in [0.2, 0.25) is 15.9 Å². The van der Waals surface area contributed by atoms with Crippen molar-refractivity contribution < 1.29 is 18.0 Å². The highest BCUT2D eigenvalue weighted by molar-refractivity contribution is 7.92. The molecule has 0 radical (unpaired) electrons. The maximum atomic E-state index is 13.5. The summed E-state index contributed by atoms with van der Waals surface area (Å²) in [5.41, 5.74) is 4.20. The van der Waals surface area contributed by atoms with E-state index in [1.807, 2.05) is 32.9 Å². The summed E-state index contributed by atoms with van der Waals surface area (Å²) in [5.74, 6) is 0.0145. The summed E-state index contributed by atoms with van der Waals surface area (Å²) in [4.78, 5) is 26.0. The molecule has 1 aliphatic rings. The Morgan fingerprint density at radius 3 is 2.42 bits per heavy atom. The number of nitrogens with one attached hydrogen (secondary N) is 3. The molecule has 2 amide bonds. The lowest BCUT2D eigenvalue weighted by atomic mass is 9.97. The number of carbonyl (C=O) groups excluding carboxylic acids is 2. The second-order valence-corrected chi connectivity index (χ2v) is 12.8. The Kier molecular flexibility index (Phi) is 10.3. The third-order valence-corrected chi connectivity index (χ3v) is 8.04. The molecule has 38 heavy (non-hydrogen) atoms. The van der Waals surface area contributed by atoms with Crippen molar-refractivity contribution in [3.63, 3.8) is 0 Å². The van der Waals surface area contributed by atoms with Gasteiger partial charge in [-0.1, -0.05) is 38.1 Å². The summed E-state index contributed by atoms with van der Waals surface area (Å²) >= 11 is 0. The van der Waals surface area contributed by atoms with E-state index in [0.717, 1.165) is 43.1 Å². The van der Waals surface area contributed by atoms with E-state index in [-0.39, 0.29) is 17.9 Å². The number of nitrogens with zero attached hydrogens (tertiary/aromatic N) is 1. The average molecular weight is 543 g/mol. The van der Waals surface area contributed by atoms with Crippen LogP contribution in [-0.2, 0) is 34.1 Å². The van der Waals surface area contributed by atoms with Crippen molar-refractivity contribution in [1.82, 2.24) is 16.0 Å². The number of rotatable bonds is 8. The first-order valence-electron chi connectivity index (χ1n) is 13.4. The standard InChI is InChI=1S/C29H42N4O4S/c1-20(2)18-31-28(34)21(3)30-19-26-15-23-12-8-11-22(13-23)9-6-7-10-24-14-25(29(35)32-26)17-27(16-24)33(4)38(5,36)37/h8,11-14,16-17,20-21,26,30H,6-7,9-10,15,18-19H2,1-5H3,(H,31,34)(H,32,35)/t21-,26-/m0/s1. The Labute approximate surface area is 227 Å². The highest BCUT2D eigenvalue weighted by Crippen LogP contribution is 2.23. The van der Waals surface area contributed by atoms with E-state index in [9.17, 15) is 18.0 Å². The van der Waals surface area contributed by atoms with Gasteiger partial charge in [0.25, 0.3) is 5.91 Å². The number of carbonyl (C=O) groups is 2. The molecule has 9 heteroatoms. The van der Waals surface area contributed by atoms with Crippen LogP contribution in [0.5, 0.6) is 0 Å². The van der Waals surface area contributed by atoms with Crippen molar-refractivity contribution in [1.29, 1.82) is 0 Å². The van der Waals surface area contributed by atoms with Crippen molar-refractivity contribution in [2.45, 2.75) is 65.0 Å². The molecule has 0 aliphatic carbocycles. The molecule has 0 fully saturated rings. The van der Waals surface area contributed by atoms with E-state index in [4.69, 9.17) is 0 Å². The number of aryl methyl sites for hydroxylation is 2. The van der Waals surface area contributed by atoms with Gasteiger partial charge in [0.05, 0.1) is 18.0 Å². The molecule has 8 nitrogen and oxygen atoms in total. The Balaban J connectivity index is 1.87. The van der Waals surface area contributed by atoms with Crippen molar-refractivity contribution >= 4 is 27.5 Å². The molecule has 2 aromatic rings. The summed E-state index contributed by atoms with van der Waals surface area (Å²) < 4.78 is 25.6. The lowest BCUT2D eigenvalue weighted by molar-refractivity contribution is -0.122. The van der Waals surface area contributed by atoms with Crippen LogP contribution in [0, 0.1) is 5.92 Å². The first-order valence-corrected chi connectivity index (χ1v) is 15.2. The zero-order valence-corrected chi connectivity index (χ0v) is 24.0. The van der Waals surface area contributed by atoms with Crippen LogP contribution in [0.25, 0.3) is 0 Å². The molecule has 0 aromatic heterocycles. The summed E-state index contributed by atoms with van der Waals surface area (Å²) in [5, 5.41) is 9.36. The molecule has 3 rings (SSSR count). The minimum atomic E-state index is -3.48. The van der Waals surface area contributed by atoms with Crippen LogP contribution >= 0.6 is 0 Å². The van der Waals surface area contributed by atoms with Gasteiger partial charge in [0.15, 0.2) is 0 Å². The second-order valence-electron chi connectivity index (χ2n) is 10.8. The number of benzene rings is 2. The van der Waals surface area contributed by atoms with E-state index < -0.39 is 16.1 Å². The molecule has 0 saturated carbocycles. The SMILES string of the molecule is CC(C)CNC(=O)[C@H](C)NC[C@@H]1Cc2cccc(c2)CCCCc2cc(cc(N(C)S(C)(=O)=O)c2)C(=O)N1. The third kappa shape index (κ3) is 8.84. The third-order valence-electron chi connectivity index (χ3n) is 6.84. The lowest BCUT2D eigenvalue weighted by Gasteiger charge is -2.24. The Bertz CT molecular complexity index is 1230. The largest absolute Gasteiger partial charge is 0.354 e. The fourth-order valence-electron chi connectivity index (χ4n) is 4.49. The zero-order valence-electron chi connectivity index (χ0n) is 23.2. The molecule has 1 aliphatic heterocycles. The van der Waals surface area contributed by atoms with Gasteiger partial charge in [-0.2, -0.15) is 0 Å². The number of hydrogen-bond acceptors (Lipinski definition) is 5. The monoisotopic (exact) mass is 542 g/mol. The van der Waals surface area contributed by atoms with Gasteiger partial charge in [-0.25, -0.2) is 8.42 Å². The van der Waals surface area contributed by atoms with Crippen molar-refractivity contribution in [2.24, 2.45) is 5.92 Å². The van der Waals surface area contributed by atoms with Gasteiger partial charge in [0, 0.05) is 31.7 Å². The van der Waals surface area contributed by atoms with Gasteiger partial charge >= 0.3 is 0 Å². The van der Waals surface area contributed by atoms with Crippen molar-refractivity contribution in [3.05, 3.63) is 64.7 Å². The van der Waals surface area contributed by atoms with E-state index in [1.54, 1.807) is 6.07 Å². The molecule has 0 unspecified atom stereocenters. The minimum absolute atomic E-state index is 0.0749. The molecule has 1 heterocycles. The molecule has 3 N–H and O–H groups in total. The van der Waals surface area contributed by atoms with E-state index >= 15 is 0 Å². The van der Waals surface area contributed by atoms with E-state index in [1.165, 1.54) is 16.9 Å². The maximum absolute atomic E-state index is 13.5. The fourth-order valence-corrected chi connectivity index (χ4v) is 4.98. The Morgan fingerprint density at radius 1 is 1.05 bits per heavy atom. The highest BCUT2D eigenvalue weighted by Gasteiger charge is 2.21. The van der Waals surface area contributed by atoms with Crippen molar-refractivity contribution in [3.8, 4) is 0 Å². The predicted molar refractivity (Wildman–Crippen MR) is 153 cm³/mol. The molecular weight excluding hydrogens is 500 g/mol. The maximum Gasteiger partial charge on any atom is 0.251 e. The van der Waals surface area contributed by atoms with Crippen LogP contribution in [0.2, 0.25) is 0 Å². The minimum Gasteiger partial charge on any atom is -0.354 e. The van der Waals surface area contributed by atoms with Crippen LogP contribution in [0.1, 0.15) is 60.7 Å². The van der Waals surface area contributed by atoms with Gasteiger partial charge in [-0.15, -0.1) is 0 Å². The normalized spacial score (nSPS) is 17.3. The Hall–Kier alpha value is -2.91. The number of hydrogen-bond donors (Lipinski definition) is 3. The van der Waals surface area contributed by atoms with Gasteiger partial charge in [-0.05, 0) is 79.8 Å². The first kappa shape index (κ1) is 29.6. The number of sulfonamides is 1. The fraction of sp³-hybridized carbons (Fsp3) is 0.517. The summed E-state index contributed by atoms with van der Waals surface area (Å²) in [6, 6.07) is 13.1. The van der Waals surface area contributed by atoms with Crippen LogP contribution in [-0.4, -0.2) is 58.7 Å². The molecule has 4 bridgehead atoms. The van der Waals surface area contributed by atoms with E-state index in [0.29, 0.717) is 36.7 Å².